The smallest absolute Gasteiger partial charge is 0.135 e. The molecule has 0 aliphatic rings. The van der Waals surface area contributed by atoms with Gasteiger partial charge in [0.2, 0.25) is 0 Å². The number of benzene rings is 2. The van der Waals surface area contributed by atoms with Crippen LogP contribution >= 0.6 is 0 Å². The summed E-state index contributed by atoms with van der Waals surface area (Å²) in [7, 11) is 1.62. The minimum absolute atomic E-state index is 0.229. The van der Waals surface area contributed by atoms with Gasteiger partial charge in [0.15, 0.2) is 0 Å². The highest BCUT2D eigenvalue weighted by Crippen LogP contribution is 2.26. The Morgan fingerprint density at radius 3 is 2.76 bits per heavy atom. The molecule has 2 heteroatoms. The molecule has 0 radical (unpaired) electrons. The lowest BCUT2D eigenvalue weighted by atomic mass is 10.0. The van der Waals surface area contributed by atoms with Gasteiger partial charge in [-0.1, -0.05) is 42.2 Å². The van der Waals surface area contributed by atoms with Crippen molar-refractivity contribution in [3.05, 3.63) is 42.0 Å². The first kappa shape index (κ1) is 11.0. The zero-order valence-electron chi connectivity index (χ0n) is 9.53. The quantitative estimate of drug-likeness (QED) is 0.693. The van der Waals surface area contributed by atoms with Gasteiger partial charge in [-0.3, -0.25) is 0 Å². The molecule has 17 heavy (non-hydrogen) atoms. The van der Waals surface area contributed by atoms with Gasteiger partial charge in [0, 0.05) is 5.39 Å². The second kappa shape index (κ2) is 5.05. The van der Waals surface area contributed by atoms with Crippen LogP contribution in [0.15, 0.2) is 36.4 Å². The van der Waals surface area contributed by atoms with Crippen LogP contribution in [0.1, 0.15) is 12.0 Å². The molecule has 2 aromatic carbocycles. The largest absolute Gasteiger partial charge is 0.495 e. The molecular formula is C15H11NO. The fourth-order valence-corrected chi connectivity index (χ4v) is 1.72. The minimum Gasteiger partial charge on any atom is -0.495 e. The predicted octanol–water partition coefficient (Wildman–Crippen LogP) is 3.11. The number of fused-ring (bicyclic) bond motifs is 1. The first-order valence-electron chi connectivity index (χ1n) is 5.28. The first-order valence-corrected chi connectivity index (χ1v) is 5.28. The van der Waals surface area contributed by atoms with E-state index < -0.39 is 0 Å². The highest BCUT2D eigenvalue weighted by Gasteiger charge is 2.04. The molecule has 82 valence electrons. The second-order valence-corrected chi connectivity index (χ2v) is 3.50. The van der Waals surface area contributed by atoms with Crippen molar-refractivity contribution in [1.82, 2.24) is 0 Å². The summed E-state index contributed by atoms with van der Waals surface area (Å²) in [6.07, 6.45) is 0.229. The molecule has 0 fully saturated rings. The lowest BCUT2D eigenvalue weighted by Crippen LogP contribution is -1.89. The van der Waals surface area contributed by atoms with Crippen LogP contribution in [0.4, 0.5) is 0 Å². The Kier molecular flexibility index (Phi) is 3.28. The molecule has 0 aliphatic carbocycles. The first-order chi connectivity index (χ1) is 8.36. The van der Waals surface area contributed by atoms with E-state index in [0.29, 0.717) is 0 Å². The van der Waals surface area contributed by atoms with E-state index in [4.69, 9.17) is 10.00 Å². The Bertz CT molecular complexity index is 641. The molecule has 2 nitrogen and oxygen atoms in total. The Morgan fingerprint density at radius 2 is 2.00 bits per heavy atom. The lowest BCUT2D eigenvalue weighted by Gasteiger charge is -2.06. The molecule has 0 aromatic heterocycles. The van der Waals surface area contributed by atoms with Crippen LogP contribution in [-0.2, 0) is 0 Å². The molecule has 0 amide bonds. The summed E-state index contributed by atoms with van der Waals surface area (Å²) in [5.74, 6) is 6.58. The molecule has 0 atom stereocenters. The van der Waals surface area contributed by atoms with E-state index in [9.17, 15) is 0 Å². The number of hydrogen-bond acceptors (Lipinski definition) is 2. The van der Waals surface area contributed by atoms with Gasteiger partial charge in [-0.15, -0.1) is 0 Å². The molecule has 0 saturated heterocycles. The van der Waals surface area contributed by atoms with Gasteiger partial charge < -0.3 is 4.74 Å². The van der Waals surface area contributed by atoms with Crippen LogP contribution in [0.25, 0.3) is 10.8 Å². The molecule has 2 aromatic rings. The van der Waals surface area contributed by atoms with Gasteiger partial charge in [0.25, 0.3) is 0 Å². The van der Waals surface area contributed by atoms with E-state index in [2.05, 4.69) is 11.8 Å². The zero-order chi connectivity index (χ0) is 12.1. The third-order valence-corrected chi connectivity index (χ3v) is 2.49. The third-order valence-electron chi connectivity index (χ3n) is 2.49. The summed E-state index contributed by atoms with van der Waals surface area (Å²) < 4.78 is 5.30. The van der Waals surface area contributed by atoms with E-state index in [-0.39, 0.29) is 6.42 Å². The molecule has 2 rings (SSSR count). The van der Waals surface area contributed by atoms with Crippen molar-refractivity contribution in [1.29, 1.82) is 5.26 Å². The monoisotopic (exact) mass is 221 g/mol. The van der Waals surface area contributed by atoms with E-state index in [1.165, 1.54) is 0 Å². The van der Waals surface area contributed by atoms with E-state index in [1.807, 2.05) is 42.5 Å². The zero-order valence-corrected chi connectivity index (χ0v) is 9.53. The molecule has 0 aliphatic heterocycles. The maximum absolute atomic E-state index is 8.50. The van der Waals surface area contributed by atoms with Gasteiger partial charge >= 0.3 is 0 Å². The lowest BCUT2D eigenvalue weighted by molar-refractivity contribution is 0.414. The van der Waals surface area contributed by atoms with E-state index in [1.54, 1.807) is 7.11 Å². The highest BCUT2D eigenvalue weighted by atomic mass is 16.5. The van der Waals surface area contributed by atoms with Gasteiger partial charge in [-0.2, -0.15) is 5.26 Å². The van der Waals surface area contributed by atoms with Crippen molar-refractivity contribution in [2.45, 2.75) is 6.42 Å². The predicted molar refractivity (Wildman–Crippen MR) is 67.6 cm³/mol. The van der Waals surface area contributed by atoms with E-state index in [0.717, 1.165) is 22.1 Å². The van der Waals surface area contributed by atoms with Crippen molar-refractivity contribution in [2.75, 3.05) is 7.11 Å². The average molecular weight is 221 g/mol. The number of ether oxygens (including phenoxy) is 1. The van der Waals surface area contributed by atoms with Crippen molar-refractivity contribution in [2.24, 2.45) is 0 Å². The Balaban J connectivity index is 2.65. The molecule has 0 N–H and O–H groups in total. The number of nitriles is 1. The molecule has 0 bridgehead atoms. The van der Waals surface area contributed by atoms with Crippen molar-refractivity contribution in [3.8, 4) is 23.7 Å². The van der Waals surface area contributed by atoms with Crippen molar-refractivity contribution in [3.63, 3.8) is 0 Å². The molecule has 0 saturated carbocycles. The molecule has 0 heterocycles. The Morgan fingerprint density at radius 1 is 1.18 bits per heavy atom. The normalized spacial score (nSPS) is 9.18. The summed E-state index contributed by atoms with van der Waals surface area (Å²) in [6, 6.07) is 13.9. The second-order valence-electron chi connectivity index (χ2n) is 3.50. The number of hydrogen-bond donors (Lipinski definition) is 0. The topological polar surface area (TPSA) is 33.0 Å². The number of methoxy groups -OCH3 is 1. The van der Waals surface area contributed by atoms with Crippen LogP contribution in [-0.4, -0.2) is 7.11 Å². The molecule has 0 unspecified atom stereocenters. The standard InChI is InChI=1S/C15H11NO/c1-17-15-10-9-12-6-2-3-7-13(12)14(15)8-4-5-11-16/h2-3,6-7,9-10H,5H2,1H3. The average Bonchev–Trinajstić information content (AvgIpc) is 2.39. The molecular weight excluding hydrogens is 210 g/mol. The highest BCUT2D eigenvalue weighted by molar-refractivity contribution is 5.90. The number of nitrogens with zero attached hydrogens (tertiary/aromatic N) is 1. The summed E-state index contributed by atoms with van der Waals surface area (Å²) in [5, 5.41) is 10.7. The Labute approximate surface area is 100 Å². The third kappa shape index (κ3) is 2.22. The molecule has 0 spiro atoms. The fourth-order valence-electron chi connectivity index (χ4n) is 1.72. The van der Waals surface area contributed by atoms with Gasteiger partial charge in [0.05, 0.1) is 25.2 Å². The minimum atomic E-state index is 0.229. The van der Waals surface area contributed by atoms with Crippen LogP contribution in [0, 0.1) is 23.2 Å². The van der Waals surface area contributed by atoms with Crippen LogP contribution in [0.5, 0.6) is 5.75 Å². The van der Waals surface area contributed by atoms with Crippen molar-refractivity contribution >= 4 is 10.8 Å². The summed E-state index contributed by atoms with van der Waals surface area (Å²) in [6.45, 7) is 0. The summed E-state index contributed by atoms with van der Waals surface area (Å²) in [5.41, 5.74) is 0.848. The van der Waals surface area contributed by atoms with Crippen molar-refractivity contribution < 1.29 is 4.74 Å². The summed E-state index contributed by atoms with van der Waals surface area (Å²) >= 11 is 0. The maximum Gasteiger partial charge on any atom is 0.135 e. The van der Waals surface area contributed by atoms with Crippen LogP contribution < -0.4 is 4.74 Å². The van der Waals surface area contributed by atoms with Crippen LogP contribution in [0.2, 0.25) is 0 Å². The maximum atomic E-state index is 8.50. The SMILES string of the molecule is COc1ccc2ccccc2c1C#CCC#N. The van der Waals surface area contributed by atoms with Crippen LogP contribution in [0.3, 0.4) is 0 Å². The fraction of sp³-hybridized carbons (Fsp3) is 0.133. The Hall–Kier alpha value is -2.45. The summed E-state index contributed by atoms with van der Waals surface area (Å²) in [4.78, 5) is 0. The number of rotatable bonds is 1. The van der Waals surface area contributed by atoms with Gasteiger partial charge in [-0.05, 0) is 11.5 Å². The van der Waals surface area contributed by atoms with Gasteiger partial charge in [-0.25, -0.2) is 0 Å². The van der Waals surface area contributed by atoms with E-state index >= 15 is 0 Å². The van der Waals surface area contributed by atoms with Gasteiger partial charge in [0.1, 0.15) is 5.75 Å².